The zero-order valence-corrected chi connectivity index (χ0v) is 13.4. The summed E-state index contributed by atoms with van der Waals surface area (Å²) in [6, 6.07) is 9.35. The molecule has 0 amide bonds. The van der Waals surface area contributed by atoms with Crippen LogP contribution in [0.5, 0.6) is 0 Å². The Morgan fingerprint density at radius 2 is 2.14 bits per heavy atom. The van der Waals surface area contributed by atoms with Gasteiger partial charge in [0.2, 0.25) is 0 Å². The van der Waals surface area contributed by atoms with Gasteiger partial charge in [0, 0.05) is 9.79 Å². The minimum atomic E-state index is -0.834. The first-order valence-electron chi connectivity index (χ1n) is 8.02. The van der Waals surface area contributed by atoms with Crippen LogP contribution in [0.4, 0.5) is 0 Å². The average Bonchev–Trinajstić information content (AvgIpc) is 2.46. The second-order valence-corrected chi connectivity index (χ2v) is 7.86. The smallest absolute Gasteiger partial charge is 0.0674 e. The van der Waals surface area contributed by atoms with E-state index in [-0.39, 0.29) is 10.9 Å². The number of benzene rings is 1. The van der Waals surface area contributed by atoms with Crippen LogP contribution in [0.3, 0.4) is 0 Å². The van der Waals surface area contributed by atoms with E-state index in [9.17, 15) is 5.11 Å². The lowest BCUT2D eigenvalue weighted by molar-refractivity contribution is -0.0539. The van der Waals surface area contributed by atoms with Crippen molar-refractivity contribution >= 4 is 11.6 Å². The van der Waals surface area contributed by atoms with Gasteiger partial charge >= 0.3 is 0 Å². The molecule has 0 spiro atoms. The highest BCUT2D eigenvalue weighted by atomic mass is 35.5. The van der Waals surface area contributed by atoms with E-state index in [0.717, 1.165) is 37.7 Å². The highest BCUT2D eigenvalue weighted by Gasteiger charge is 2.49. The summed E-state index contributed by atoms with van der Waals surface area (Å²) in [6.07, 6.45) is 6.11. The van der Waals surface area contributed by atoms with Crippen LogP contribution in [0.15, 0.2) is 35.4 Å². The number of fused-ring (bicyclic) bond motifs is 2. The van der Waals surface area contributed by atoms with Crippen molar-refractivity contribution < 1.29 is 5.11 Å². The van der Waals surface area contributed by atoms with Gasteiger partial charge in [-0.3, -0.25) is 0 Å². The number of halogens is 1. The fourth-order valence-electron chi connectivity index (χ4n) is 4.44. The van der Waals surface area contributed by atoms with Gasteiger partial charge < -0.3 is 5.11 Å². The topological polar surface area (TPSA) is 69.0 Å². The molecule has 4 nitrogen and oxygen atoms in total. The van der Waals surface area contributed by atoms with Crippen molar-refractivity contribution in [3.05, 3.63) is 46.3 Å². The van der Waals surface area contributed by atoms with Crippen LogP contribution in [0, 0.1) is 5.92 Å². The van der Waals surface area contributed by atoms with Gasteiger partial charge in [-0.1, -0.05) is 48.3 Å². The zero-order valence-electron chi connectivity index (χ0n) is 12.7. The molecule has 0 saturated heterocycles. The van der Waals surface area contributed by atoms with Crippen molar-refractivity contribution in [1.82, 2.24) is 0 Å². The molecule has 3 rings (SSSR count). The molecule has 1 aromatic rings. The minimum absolute atomic E-state index is 0.270. The van der Waals surface area contributed by atoms with Crippen molar-refractivity contribution in [1.29, 1.82) is 0 Å². The number of rotatable bonds is 4. The van der Waals surface area contributed by atoms with Gasteiger partial charge in [-0.05, 0) is 49.1 Å². The van der Waals surface area contributed by atoms with E-state index in [1.165, 1.54) is 0 Å². The molecular weight excluding hydrogens is 298 g/mol. The largest absolute Gasteiger partial charge is 0.390 e. The standard InChI is InChI=1S/C17H22ClN3O/c18-16-8-4-5-13(9-16)10-17(22,12-16)11-15(20-21-19)14-6-2-1-3-7-14/h1-3,6-7,13,15,22H,4-5,8-12H2/t13?,15-,16+,17+/m1/s1. The monoisotopic (exact) mass is 319 g/mol. The number of azide groups is 1. The van der Waals surface area contributed by atoms with Crippen LogP contribution < -0.4 is 0 Å². The third-order valence-electron chi connectivity index (χ3n) is 5.15. The molecular formula is C17H22ClN3O. The summed E-state index contributed by atoms with van der Waals surface area (Å²) in [4.78, 5) is 2.71. The number of alkyl halides is 1. The lowest BCUT2D eigenvalue weighted by Crippen LogP contribution is -2.48. The first-order chi connectivity index (χ1) is 10.5. The molecule has 5 heteroatoms. The van der Waals surface area contributed by atoms with Crippen molar-refractivity contribution in [2.24, 2.45) is 11.0 Å². The summed E-state index contributed by atoms with van der Waals surface area (Å²) >= 11 is 6.73. The molecule has 0 radical (unpaired) electrons. The van der Waals surface area contributed by atoms with Gasteiger partial charge in [0.1, 0.15) is 0 Å². The number of hydrogen-bond donors (Lipinski definition) is 1. The lowest BCUT2D eigenvalue weighted by Gasteiger charge is -2.49. The Kier molecular flexibility index (Phi) is 4.35. The summed E-state index contributed by atoms with van der Waals surface area (Å²) < 4.78 is 0. The number of aliphatic hydroxyl groups is 1. The van der Waals surface area contributed by atoms with Gasteiger partial charge in [-0.15, -0.1) is 11.6 Å². The molecule has 0 heterocycles. The predicted octanol–water partition coefficient (Wildman–Crippen LogP) is 5.12. The molecule has 2 fully saturated rings. The van der Waals surface area contributed by atoms with E-state index in [1.807, 2.05) is 30.3 Å². The quantitative estimate of drug-likeness (QED) is 0.356. The maximum absolute atomic E-state index is 11.1. The Hall–Kier alpha value is -1.22. The summed E-state index contributed by atoms with van der Waals surface area (Å²) in [6.45, 7) is 0. The van der Waals surface area contributed by atoms with Crippen LogP contribution in [-0.4, -0.2) is 15.6 Å². The third-order valence-corrected chi connectivity index (χ3v) is 5.63. The van der Waals surface area contributed by atoms with Crippen LogP contribution in [-0.2, 0) is 0 Å². The molecule has 4 atom stereocenters. The molecule has 118 valence electrons. The molecule has 0 aliphatic heterocycles. The SMILES string of the molecule is [N-]=[N+]=N[C@H](C[C@@]1(O)CC2CCC[C@](Cl)(C2)C1)c1ccccc1. The molecule has 22 heavy (non-hydrogen) atoms. The van der Waals surface area contributed by atoms with E-state index in [4.69, 9.17) is 17.1 Å². The van der Waals surface area contributed by atoms with E-state index in [0.29, 0.717) is 18.8 Å². The summed E-state index contributed by atoms with van der Waals surface area (Å²) in [5, 5.41) is 15.1. The van der Waals surface area contributed by atoms with Gasteiger partial charge in [0.25, 0.3) is 0 Å². The Morgan fingerprint density at radius 3 is 2.82 bits per heavy atom. The Labute approximate surface area is 136 Å². The van der Waals surface area contributed by atoms with Crippen LogP contribution >= 0.6 is 11.6 Å². The fraction of sp³-hybridized carbons (Fsp3) is 0.647. The van der Waals surface area contributed by atoms with E-state index in [1.54, 1.807) is 0 Å². The Balaban J connectivity index is 1.81. The maximum atomic E-state index is 11.1. The molecule has 2 aliphatic carbocycles. The summed E-state index contributed by atoms with van der Waals surface area (Å²) in [5.41, 5.74) is 8.99. The first kappa shape index (κ1) is 15.7. The van der Waals surface area contributed by atoms with Gasteiger partial charge in [0.15, 0.2) is 0 Å². The van der Waals surface area contributed by atoms with Crippen molar-refractivity contribution in [2.75, 3.05) is 0 Å². The molecule has 1 unspecified atom stereocenters. The van der Waals surface area contributed by atoms with E-state index >= 15 is 0 Å². The number of hydrogen-bond acceptors (Lipinski definition) is 2. The van der Waals surface area contributed by atoms with Crippen LogP contribution in [0.2, 0.25) is 0 Å². The normalized spacial score (nSPS) is 35.5. The highest BCUT2D eigenvalue weighted by molar-refractivity contribution is 6.24. The first-order valence-corrected chi connectivity index (χ1v) is 8.40. The second-order valence-electron chi connectivity index (χ2n) is 7.05. The highest BCUT2D eigenvalue weighted by Crippen LogP contribution is 2.52. The molecule has 2 bridgehead atoms. The summed E-state index contributed by atoms with van der Waals surface area (Å²) in [5.74, 6) is 0.493. The van der Waals surface area contributed by atoms with Gasteiger partial charge in [-0.25, -0.2) is 0 Å². The van der Waals surface area contributed by atoms with Gasteiger partial charge in [-0.2, -0.15) is 0 Å². The van der Waals surface area contributed by atoms with Crippen molar-refractivity contribution in [3.8, 4) is 0 Å². The average molecular weight is 320 g/mol. The third kappa shape index (κ3) is 3.40. The van der Waals surface area contributed by atoms with Crippen molar-refractivity contribution in [2.45, 2.75) is 61.5 Å². The Bertz CT molecular complexity index is 575. The molecule has 0 aromatic heterocycles. The Morgan fingerprint density at radius 1 is 1.36 bits per heavy atom. The van der Waals surface area contributed by atoms with Crippen LogP contribution in [0.25, 0.3) is 10.4 Å². The number of nitrogens with zero attached hydrogens (tertiary/aromatic N) is 3. The van der Waals surface area contributed by atoms with Crippen molar-refractivity contribution in [3.63, 3.8) is 0 Å². The van der Waals surface area contributed by atoms with E-state index in [2.05, 4.69) is 10.0 Å². The maximum Gasteiger partial charge on any atom is 0.0674 e. The minimum Gasteiger partial charge on any atom is -0.390 e. The lowest BCUT2D eigenvalue weighted by atomic mass is 9.64. The fourth-order valence-corrected chi connectivity index (χ4v) is 5.04. The second kappa shape index (κ2) is 6.11. The molecule has 2 saturated carbocycles. The summed E-state index contributed by atoms with van der Waals surface area (Å²) in [7, 11) is 0. The molecule has 1 N–H and O–H groups in total. The predicted molar refractivity (Wildman–Crippen MR) is 87.7 cm³/mol. The van der Waals surface area contributed by atoms with E-state index < -0.39 is 5.60 Å². The van der Waals surface area contributed by atoms with Crippen LogP contribution in [0.1, 0.15) is 56.6 Å². The van der Waals surface area contributed by atoms with Gasteiger partial charge in [0.05, 0.1) is 11.6 Å². The molecule has 2 aliphatic rings. The molecule has 1 aromatic carbocycles. The zero-order chi connectivity index (χ0) is 15.6.